The van der Waals surface area contributed by atoms with Gasteiger partial charge in [-0.15, -0.1) is 11.3 Å². The van der Waals surface area contributed by atoms with Crippen LogP contribution in [0.1, 0.15) is 59.1 Å². The highest BCUT2D eigenvalue weighted by molar-refractivity contribution is 7.20. The molecule has 1 aromatic carbocycles. The summed E-state index contributed by atoms with van der Waals surface area (Å²) in [5.41, 5.74) is 7.19. The van der Waals surface area contributed by atoms with Crippen molar-refractivity contribution in [2.75, 3.05) is 19.4 Å². The quantitative estimate of drug-likeness (QED) is 0.454. The van der Waals surface area contributed by atoms with Gasteiger partial charge in [0.15, 0.2) is 12.4 Å². The summed E-state index contributed by atoms with van der Waals surface area (Å²) in [7, 11) is 1.38. The third kappa shape index (κ3) is 3.46. The highest BCUT2D eigenvalue weighted by Crippen LogP contribution is 2.33. The SMILES string of the molecule is CCOC(=O)c1sc2nc(COC(=O)c3ccc4c(c3)C(=O)N(C)C4=O)nc(N)c2c1C. The topological polar surface area (TPSA) is 142 Å². The Hall–Kier alpha value is -3.86. The van der Waals surface area contributed by atoms with Crippen LogP contribution in [0.5, 0.6) is 0 Å². The summed E-state index contributed by atoms with van der Waals surface area (Å²) >= 11 is 1.12. The maximum atomic E-state index is 12.5. The van der Waals surface area contributed by atoms with E-state index in [0.717, 1.165) is 16.2 Å². The third-order valence-corrected chi connectivity index (χ3v) is 6.15. The van der Waals surface area contributed by atoms with Gasteiger partial charge in [-0.3, -0.25) is 14.5 Å². The van der Waals surface area contributed by atoms with E-state index >= 15 is 0 Å². The molecule has 2 N–H and O–H groups in total. The summed E-state index contributed by atoms with van der Waals surface area (Å²) in [5, 5.41) is 0.555. The van der Waals surface area contributed by atoms with E-state index in [0.29, 0.717) is 20.7 Å². The summed E-state index contributed by atoms with van der Waals surface area (Å²) in [4.78, 5) is 59.1. The van der Waals surface area contributed by atoms with Gasteiger partial charge < -0.3 is 15.2 Å². The number of fused-ring (bicyclic) bond motifs is 2. The van der Waals surface area contributed by atoms with E-state index in [1.165, 1.54) is 25.2 Å². The van der Waals surface area contributed by atoms with Crippen molar-refractivity contribution in [1.82, 2.24) is 14.9 Å². The number of nitrogen functional groups attached to an aromatic ring is 1. The first kappa shape index (κ1) is 21.4. The van der Waals surface area contributed by atoms with Crippen LogP contribution in [0.4, 0.5) is 5.82 Å². The number of aromatic nitrogens is 2. The molecule has 0 saturated heterocycles. The molecule has 0 saturated carbocycles. The van der Waals surface area contributed by atoms with E-state index < -0.39 is 23.8 Å². The molecule has 10 nitrogen and oxygen atoms in total. The number of imide groups is 1. The maximum absolute atomic E-state index is 12.5. The van der Waals surface area contributed by atoms with Gasteiger partial charge in [-0.2, -0.15) is 0 Å². The van der Waals surface area contributed by atoms with Gasteiger partial charge in [-0.25, -0.2) is 19.6 Å². The highest BCUT2D eigenvalue weighted by Gasteiger charge is 2.33. The molecule has 1 aliphatic rings. The number of hydrogen-bond donors (Lipinski definition) is 1. The molecular weight excluding hydrogens is 436 g/mol. The van der Waals surface area contributed by atoms with Crippen molar-refractivity contribution in [1.29, 1.82) is 0 Å². The van der Waals surface area contributed by atoms with Crippen LogP contribution in [-0.2, 0) is 16.1 Å². The molecule has 11 heteroatoms. The fourth-order valence-corrected chi connectivity index (χ4v) is 4.47. The number of amides is 2. The molecule has 0 bridgehead atoms. The summed E-state index contributed by atoms with van der Waals surface area (Å²) in [6.45, 7) is 3.43. The molecule has 32 heavy (non-hydrogen) atoms. The van der Waals surface area contributed by atoms with Gasteiger partial charge >= 0.3 is 11.9 Å². The lowest BCUT2D eigenvalue weighted by Crippen LogP contribution is -2.24. The second kappa shape index (κ2) is 8.00. The lowest BCUT2D eigenvalue weighted by molar-refractivity contribution is 0.0461. The Kier molecular flexibility index (Phi) is 5.35. The Balaban J connectivity index is 1.55. The van der Waals surface area contributed by atoms with Gasteiger partial charge in [0, 0.05) is 7.05 Å². The van der Waals surface area contributed by atoms with Crippen molar-refractivity contribution in [3.8, 4) is 0 Å². The normalized spacial score (nSPS) is 12.9. The van der Waals surface area contributed by atoms with Gasteiger partial charge in [0.25, 0.3) is 11.8 Å². The Morgan fingerprint density at radius 3 is 2.53 bits per heavy atom. The molecule has 164 valence electrons. The molecule has 0 spiro atoms. The van der Waals surface area contributed by atoms with Crippen molar-refractivity contribution in [3.63, 3.8) is 0 Å². The molecule has 1 aliphatic heterocycles. The Morgan fingerprint density at radius 2 is 1.81 bits per heavy atom. The largest absolute Gasteiger partial charge is 0.462 e. The van der Waals surface area contributed by atoms with Crippen LogP contribution in [0.25, 0.3) is 10.2 Å². The zero-order chi connectivity index (χ0) is 23.2. The van der Waals surface area contributed by atoms with Crippen molar-refractivity contribution >= 4 is 51.1 Å². The van der Waals surface area contributed by atoms with Crippen molar-refractivity contribution < 1.29 is 28.7 Å². The summed E-state index contributed by atoms with van der Waals surface area (Å²) < 4.78 is 10.3. The van der Waals surface area contributed by atoms with Gasteiger partial charge in [0.2, 0.25) is 0 Å². The van der Waals surface area contributed by atoms with Gasteiger partial charge in [0.05, 0.1) is 28.7 Å². The molecule has 0 aliphatic carbocycles. The standard InChI is InChI=1S/C21H18N4O6S/c1-4-30-21(29)15-9(2)14-16(22)23-13(24-17(14)32-15)8-31-20(28)10-5-6-11-12(7-10)19(27)25(3)18(11)26/h5-7H,4,8H2,1-3H3,(H2,22,23,24). The van der Waals surface area contributed by atoms with Gasteiger partial charge in [-0.1, -0.05) is 0 Å². The van der Waals surface area contributed by atoms with E-state index in [-0.39, 0.29) is 41.5 Å². The molecule has 4 rings (SSSR count). The van der Waals surface area contributed by atoms with Crippen LogP contribution in [0, 0.1) is 6.92 Å². The lowest BCUT2D eigenvalue weighted by Gasteiger charge is -2.06. The second-order valence-corrected chi connectivity index (χ2v) is 7.99. The average molecular weight is 454 g/mol. The minimum Gasteiger partial charge on any atom is -0.462 e. The van der Waals surface area contributed by atoms with E-state index in [1.54, 1.807) is 13.8 Å². The first-order chi connectivity index (χ1) is 15.2. The molecule has 0 atom stereocenters. The van der Waals surface area contributed by atoms with E-state index in [2.05, 4.69) is 9.97 Å². The number of hydrogen-bond acceptors (Lipinski definition) is 10. The lowest BCUT2D eigenvalue weighted by atomic mass is 10.1. The fourth-order valence-electron chi connectivity index (χ4n) is 3.37. The van der Waals surface area contributed by atoms with Crippen LogP contribution >= 0.6 is 11.3 Å². The smallest absolute Gasteiger partial charge is 0.348 e. The maximum Gasteiger partial charge on any atom is 0.348 e. The van der Waals surface area contributed by atoms with Crippen LogP contribution < -0.4 is 5.73 Å². The molecule has 2 amide bonds. The number of rotatable bonds is 5. The van der Waals surface area contributed by atoms with Crippen molar-refractivity contribution in [3.05, 3.63) is 51.2 Å². The fraction of sp³-hybridized carbons (Fsp3) is 0.238. The molecule has 3 heterocycles. The zero-order valence-electron chi connectivity index (χ0n) is 17.4. The molecular formula is C21H18N4O6S. The Morgan fingerprint density at radius 1 is 1.09 bits per heavy atom. The van der Waals surface area contributed by atoms with Gasteiger partial charge in [-0.05, 0) is 37.6 Å². The Labute approximate surface area is 186 Å². The molecule has 2 aromatic heterocycles. The summed E-state index contributed by atoms with van der Waals surface area (Å²) in [6, 6.07) is 4.16. The van der Waals surface area contributed by atoms with Crippen LogP contribution in [0.15, 0.2) is 18.2 Å². The minimum absolute atomic E-state index is 0.116. The van der Waals surface area contributed by atoms with Crippen LogP contribution in [0.3, 0.4) is 0 Å². The molecule has 0 radical (unpaired) electrons. The summed E-state index contributed by atoms with van der Waals surface area (Å²) in [6.07, 6.45) is 0. The number of aryl methyl sites for hydroxylation is 1. The number of nitrogens with zero attached hydrogens (tertiary/aromatic N) is 3. The predicted molar refractivity (Wildman–Crippen MR) is 115 cm³/mol. The van der Waals surface area contributed by atoms with E-state index in [9.17, 15) is 19.2 Å². The third-order valence-electron chi connectivity index (χ3n) is 4.98. The Bertz CT molecular complexity index is 1320. The molecule has 0 unspecified atom stereocenters. The monoisotopic (exact) mass is 454 g/mol. The van der Waals surface area contributed by atoms with E-state index in [4.69, 9.17) is 15.2 Å². The minimum atomic E-state index is -0.709. The number of carbonyl (C=O) groups excluding carboxylic acids is 4. The number of nitrogens with two attached hydrogens (primary N) is 1. The van der Waals surface area contributed by atoms with E-state index in [1.807, 2.05) is 0 Å². The number of thiophene rings is 1. The number of benzene rings is 1. The highest BCUT2D eigenvalue weighted by atomic mass is 32.1. The first-order valence-electron chi connectivity index (χ1n) is 9.59. The van der Waals surface area contributed by atoms with Crippen LogP contribution in [0.2, 0.25) is 0 Å². The predicted octanol–water partition coefficient (Wildman–Crippen LogP) is 2.34. The van der Waals surface area contributed by atoms with Crippen molar-refractivity contribution in [2.24, 2.45) is 0 Å². The summed E-state index contributed by atoms with van der Waals surface area (Å²) in [5.74, 6) is -1.75. The van der Waals surface area contributed by atoms with Crippen LogP contribution in [-0.4, -0.2) is 52.3 Å². The average Bonchev–Trinajstić information content (AvgIpc) is 3.22. The number of ether oxygens (including phenoxy) is 2. The zero-order valence-corrected chi connectivity index (χ0v) is 18.2. The van der Waals surface area contributed by atoms with Gasteiger partial charge in [0.1, 0.15) is 15.5 Å². The van der Waals surface area contributed by atoms with Crippen molar-refractivity contribution in [2.45, 2.75) is 20.5 Å². The number of anilines is 1. The molecule has 0 fully saturated rings. The number of esters is 2. The second-order valence-electron chi connectivity index (χ2n) is 6.99. The number of carbonyl (C=O) groups is 4. The first-order valence-corrected chi connectivity index (χ1v) is 10.4. The molecule has 3 aromatic rings.